The van der Waals surface area contributed by atoms with E-state index in [0.29, 0.717) is 35.7 Å². The van der Waals surface area contributed by atoms with Gasteiger partial charge < -0.3 is 24.5 Å². The number of methoxy groups -OCH3 is 2. The van der Waals surface area contributed by atoms with Crippen LogP contribution in [0.15, 0.2) is 29.6 Å². The number of nitrogens with zero attached hydrogens (tertiary/aromatic N) is 2. The van der Waals surface area contributed by atoms with Crippen molar-refractivity contribution in [2.45, 2.75) is 26.8 Å². The fraction of sp³-hybridized carbons (Fsp3) is 0.318. The van der Waals surface area contributed by atoms with E-state index in [0.717, 1.165) is 17.0 Å². The molecular formula is C22H25N3O5S. The molecule has 164 valence electrons. The summed E-state index contributed by atoms with van der Waals surface area (Å²) in [6.07, 6.45) is 0.677. The van der Waals surface area contributed by atoms with Crippen molar-refractivity contribution in [1.29, 1.82) is 0 Å². The summed E-state index contributed by atoms with van der Waals surface area (Å²) in [5.74, 6) is 0.341. The number of nitrogens with two attached hydrogens (primary N) is 1. The summed E-state index contributed by atoms with van der Waals surface area (Å²) in [6.45, 7) is 4.45. The Morgan fingerprint density at radius 1 is 1.16 bits per heavy atom. The van der Waals surface area contributed by atoms with Gasteiger partial charge in [-0.15, -0.1) is 11.3 Å². The summed E-state index contributed by atoms with van der Waals surface area (Å²) >= 11 is 1.20. The van der Waals surface area contributed by atoms with E-state index in [1.54, 1.807) is 32.6 Å². The van der Waals surface area contributed by atoms with E-state index in [9.17, 15) is 9.59 Å². The van der Waals surface area contributed by atoms with E-state index in [1.807, 2.05) is 29.7 Å². The molecule has 0 fully saturated rings. The van der Waals surface area contributed by atoms with Gasteiger partial charge in [0.1, 0.15) is 0 Å². The number of primary amides is 1. The minimum atomic E-state index is -0.510. The van der Waals surface area contributed by atoms with Crippen LogP contribution in [0, 0.1) is 6.92 Å². The summed E-state index contributed by atoms with van der Waals surface area (Å²) < 4.78 is 17.7. The largest absolute Gasteiger partial charge is 0.493 e. The molecule has 0 aliphatic heterocycles. The molecule has 0 unspecified atom stereocenters. The van der Waals surface area contributed by atoms with Gasteiger partial charge in [0, 0.05) is 17.6 Å². The standard InChI is InChI=1S/C22H25N3O5S/c1-5-30-22(27)21-24-16(12-31-21)17-11-15(20(23)26)13(2)25(17)9-8-14-6-7-18(28-3)19(10-14)29-4/h6-7,10-12H,5,8-9H2,1-4H3,(H2,23,26). The third-order valence-electron chi connectivity index (χ3n) is 4.92. The van der Waals surface area contributed by atoms with Crippen LogP contribution >= 0.6 is 11.3 Å². The van der Waals surface area contributed by atoms with Crippen molar-refractivity contribution in [3.63, 3.8) is 0 Å². The SMILES string of the molecule is CCOC(=O)c1nc(-c2cc(C(N)=O)c(C)n2CCc2ccc(OC)c(OC)c2)cs1. The number of benzene rings is 1. The van der Waals surface area contributed by atoms with Crippen LogP contribution in [0.4, 0.5) is 0 Å². The van der Waals surface area contributed by atoms with Crippen molar-refractivity contribution >= 4 is 23.2 Å². The molecule has 1 aromatic carbocycles. The fourth-order valence-corrected chi connectivity index (χ4v) is 4.05. The predicted molar refractivity (Wildman–Crippen MR) is 118 cm³/mol. The number of thiazole rings is 1. The van der Waals surface area contributed by atoms with Gasteiger partial charge in [-0.05, 0) is 44.0 Å². The monoisotopic (exact) mass is 443 g/mol. The number of rotatable bonds is 9. The number of hydrogen-bond donors (Lipinski definition) is 1. The Balaban J connectivity index is 1.93. The minimum absolute atomic E-state index is 0.266. The average Bonchev–Trinajstić information content (AvgIpc) is 3.37. The number of carbonyl (C=O) groups is 2. The van der Waals surface area contributed by atoms with Crippen molar-refractivity contribution in [3.05, 3.63) is 51.5 Å². The highest BCUT2D eigenvalue weighted by molar-refractivity contribution is 7.11. The van der Waals surface area contributed by atoms with Gasteiger partial charge in [-0.1, -0.05) is 6.07 Å². The molecule has 0 radical (unpaired) electrons. The van der Waals surface area contributed by atoms with Crippen LogP contribution in [0.1, 0.15) is 38.3 Å². The van der Waals surface area contributed by atoms with Crippen molar-refractivity contribution in [2.75, 3.05) is 20.8 Å². The summed E-state index contributed by atoms with van der Waals surface area (Å²) in [7, 11) is 3.19. The normalized spacial score (nSPS) is 10.7. The highest BCUT2D eigenvalue weighted by atomic mass is 32.1. The molecule has 8 nitrogen and oxygen atoms in total. The molecule has 2 heterocycles. The zero-order valence-corrected chi connectivity index (χ0v) is 18.7. The second-order valence-corrected chi connectivity index (χ2v) is 7.60. The smallest absolute Gasteiger partial charge is 0.367 e. The Morgan fingerprint density at radius 2 is 1.90 bits per heavy atom. The lowest BCUT2D eigenvalue weighted by molar-refractivity contribution is 0.0526. The number of aromatic nitrogens is 2. The lowest BCUT2D eigenvalue weighted by atomic mass is 10.1. The molecular weight excluding hydrogens is 418 g/mol. The Labute approximate surface area is 184 Å². The molecule has 0 saturated carbocycles. The molecule has 31 heavy (non-hydrogen) atoms. The van der Waals surface area contributed by atoms with Gasteiger partial charge in [-0.2, -0.15) is 0 Å². The molecule has 3 aromatic rings. The Hall–Kier alpha value is -3.33. The topological polar surface area (TPSA) is 106 Å². The van der Waals surface area contributed by atoms with E-state index in [-0.39, 0.29) is 11.6 Å². The summed E-state index contributed by atoms with van der Waals surface area (Å²) in [4.78, 5) is 28.3. The fourth-order valence-electron chi connectivity index (χ4n) is 3.35. The van der Waals surface area contributed by atoms with Gasteiger partial charge in [-0.3, -0.25) is 4.79 Å². The van der Waals surface area contributed by atoms with E-state index in [1.165, 1.54) is 11.3 Å². The molecule has 3 rings (SSSR count). The molecule has 0 atom stereocenters. The lowest BCUT2D eigenvalue weighted by Crippen LogP contribution is -2.13. The number of esters is 1. The third kappa shape index (κ3) is 4.72. The highest BCUT2D eigenvalue weighted by Gasteiger charge is 2.20. The highest BCUT2D eigenvalue weighted by Crippen LogP contribution is 2.30. The Bertz CT molecular complexity index is 1100. The van der Waals surface area contributed by atoms with E-state index >= 15 is 0 Å². The van der Waals surface area contributed by atoms with Crippen LogP contribution < -0.4 is 15.2 Å². The van der Waals surface area contributed by atoms with Gasteiger partial charge >= 0.3 is 5.97 Å². The maximum absolute atomic E-state index is 12.0. The number of ether oxygens (including phenoxy) is 3. The van der Waals surface area contributed by atoms with Crippen molar-refractivity contribution < 1.29 is 23.8 Å². The first-order chi connectivity index (χ1) is 14.9. The molecule has 0 aliphatic rings. The number of amides is 1. The first-order valence-corrected chi connectivity index (χ1v) is 10.6. The summed E-state index contributed by atoms with van der Waals surface area (Å²) in [5.41, 5.74) is 9.10. The number of hydrogen-bond acceptors (Lipinski definition) is 7. The summed E-state index contributed by atoms with van der Waals surface area (Å²) in [6, 6.07) is 7.47. The average molecular weight is 444 g/mol. The molecule has 2 aromatic heterocycles. The van der Waals surface area contributed by atoms with Gasteiger partial charge in [0.2, 0.25) is 5.01 Å². The van der Waals surface area contributed by atoms with Gasteiger partial charge in [-0.25, -0.2) is 9.78 Å². The predicted octanol–water partition coefficient (Wildman–Crippen LogP) is 3.46. The quantitative estimate of drug-likeness (QED) is 0.508. The molecule has 0 aliphatic carbocycles. The van der Waals surface area contributed by atoms with Gasteiger partial charge in [0.05, 0.1) is 37.8 Å². The van der Waals surface area contributed by atoms with Crippen molar-refractivity contribution in [1.82, 2.24) is 9.55 Å². The van der Waals surface area contributed by atoms with E-state index in [4.69, 9.17) is 19.9 Å². The molecule has 1 amide bonds. The van der Waals surface area contributed by atoms with Crippen molar-refractivity contribution in [3.8, 4) is 22.9 Å². The minimum Gasteiger partial charge on any atom is -0.493 e. The summed E-state index contributed by atoms with van der Waals surface area (Å²) in [5, 5.41) is 2.04. The van der Waals surface area contributed by atoms with Crippen LogP contribution in [-0.2, 0) is 17.7 Å². The maximum atomic E-state index is 12.0. The number of carbonyl (C=O) groups excluding carboxylic acids is 2. The molecule has 2 N–H and O–H groups in total. The van der Waals surface area contributed by atoms with Crippen LogP contribution in [0.5, 0.6) is 11.5 Å². The van der Waals surface area contributed by atoms with E-state index < -0.39 is 11.9 Å². The van der Waals surface area contributed by atoms with Crippen LogP contribution in [0.25, 0.3) is 11.4 Å². The molecule has 9 heteroatoms. The molecule has 0 bridgehead atoms. The van der Waals surface area contributed by atoms with Crippen LogP contribution in [0.3, 0.4) is 0 Å². The first kappa shape index (κ1) is 22.4. The third-order valence-corrected chi connectivity index (χ3v) is 5.74. The van der Waals surface area contributed by atoms with Gasteiger partial charge in [0.15, 0.2) is 11.5 Å². The first-order valence-electron chi connectivity index (χ1n) is 9.73. The molecule has 0 spiro atoms. The zero-order chi connectivity index (χ0) is 22.5. The Morgan fingerprint density at radius 3 is 2.55 bits per heavy atom. The second-order valence-electron chi connectivity index (χ2n) is 6.74. The Kier molecular flexibility index (Phi) is 6.96. The second kappa shape index (κ2) is 9.65. The molecule has 0 saturated heterocycles. The number of aryl methyl sites for hydroxylation is 1. The zero-order valence-electron chi connectivity index (χ0n) is 17.9. The van der Waals surface area contributed by atoms with Crippen molar-refractivity contribution in [2.24, 2.45) is 5.73 Å². The van der Waals surface area contributed by atoms with E-state index in [2.05, 4.69) is 4.98 Å². The van der Waals surface area contributed by atoms with Crippen LogP contribution in [0.2, 0.25) is 0 Å². The maximum Gasteiger partial charge on any atom is 0.367 e. The van der Waals surface area contributed by atoms with Crippen LogP contribution in [-0.4, -0.2) is 42.3 Å². The lowest BCUT2D eigenvalue weighted by Gasteiger charge is -2.13. The van der Waals surface area contributed by atoms with Gasteiger partial charge in [0.25, 0.3) is 5.91 Å².